The van der Waals surface area contributed by atoms with E-state index in [9.17, 15) is 4.79 Å². The topological polar surface area (TPSA) is 70.7 Å². The highest BCUT2D eigenvalue weighted by molar-refractivity contribution is 5.98. The van der Waals surface area contributed by atoms with Gasteiger partial charge in [0.15, 0.2) is 11.4 Å². The number of fused-ring (bicyclic) bond motifs is 1. The van der Waals surface area contributed by atoms with Gasteiger partial charge in [-0.1, -0.05) is 36.3 Å². The fourth-order valence-electron chi connectivity index (χ4n) is 5.94. The van der Waals surface area contributed by atoms with Crippen molar-refractivity contribution in [3.63, 3.8) is 0 Å². The van der Waals surface area contributed by atoms with E-state index in [0.717, 1.165) is 65.6 Å². The Bertz CT molecular complexity index is 1940. The van der Waals surface area contributed by atoms with Crippen molar-refractivity contribution in [1.29, 1.82) is 0 Å². The van der Waals surface area contributed by atoms with Crippen LogP contribution >= 0.6 is 0 Å². The number of carbonyl (C=O) groups is 1. The molecule has 0 spiro atoms. The molecule has 1 N–H and O–H groups in total. The number of hydrogen-bond donors (Lipinski definition) is 1. The van der Waals surface area contributed by atoms with E-state index in [-0.39, 0.29) is 11.8 Å². The number of nitrogens with one attached hydrogen (secondary N) is 1. The molecule has 1 aliphatic heterocycles. The number of aromatic nitrogens is 4. The van der Waals surface area contributed by atoms with E-state index < -0.39 is 0 Å². The molecule has 8 nitrogen and oxygen atoms in total. The van der Waals surface area contributed by atoms with Crippen molar-refractivity contribution >= 4 is 22.8 Å². The van der Waals surface area contributed by atoms with Crippen molar-refractivity contribution in [3.8, 4) is 11.8 Å². The second kappa shape index (κ2) is 13.3. The van der Waals surface area contributed by atoms with Gasteiger partial charge in [-0.2, -0.15) is 5.10 Å². The first kappa shape index (κ1) is 31.3. The number of likely N-dealkylation sites (N-methyl/N-ethyl adjacent to an activating group) is 1. The zero-order valence-corrected chi connectivity index (χ0v) is 27.7. The molecule has 6 rings (SSSR count). The van der Waals surface area contributed by atoms with Crippen molar-refractivity contribution in [2.24, 2.45) is 0 Å². The summed E-state index contributed by atoms with van der Waals surface area (Å²) in [5.74, 6) is 6.69. The molecule has 46 heavy (non-hydrogen) atoms. The Morgan fingerprint density at radius 3 is 2.65 bits per heavy atom. The van der Waals surface area contributed by atoms with Crippen LogP contribution in [0.25, 0.3) is 5.65 Å². The molecule has 4 heterocycles. The highest BCUT2D eigenvalue weighted by atomic mass is 16.1. The monoisotopic (exact) mass is 613 g/mol. The third-order valence-electron chi connectivity index (χ3n) is 9.04. The summed E-state index contributed by atoms with van der Waals surface area (Å²) in [5, 5.41) is 7.85. The van der Waals surface area contributed by atoms with Crippen LogP contribution in [0.5, 0.6) is 0 Å². The predicted molar refractivity (Wildman–Crippen MR) is 185 cm³/mol. The molecule has 3 aromatic heterocycles. The maximum atomic E-state index is 13.4. The number of imidazole rings is 1. The van der Waals surface area contributed by atoms with E-state index in [4.69, 9.17) is 0 Å². The summed E-state index contributed by atoms with van der Waals surface area (Å²) >= 11 is 0. The fraction of sp³-hybridized carbons (Fsp3) is 0.342. The lowest BCUT2D eigenvalue weighted by molar-refractivity contribution is 0.0991. The van der Waals surface area contributed by atoms with Gasteiger partial charge in [0.1, 0.15) is 5.69 Å². The van der Waals surface area contributed by atoms with E-state index >= 15 is 0 Å². The normalized spacial score (nSPS) is 15.7. The highest BCUT2D eigenvalue weighted by Crippen LogP contribution is 2.23. The molecule has 0 amide bonds. The molecule has 2 aromatic carbocycles. The largest absolute Gasteiger partial charge is 0.350 e. The van der Waals surface area contributed by atoms with Crippen molar-refractivity contribution in [2.75, 3.05) is 32.0 Å². The lowest BCUT2D eigenvalue weighted by Crippen LogP contribution is -2.49. The summed E-state index contributed by atoms with van der Waals surface area (Å²) in [6.07, 6.45) is 7.91. The standard InChI is InChI=1S/C38H43N7O/c1-26(2)45-25-34(21-40-45)41-36-8-7-15-44-35(22-39-38(36)44)14-13-31-20-32(11-9-27(31)3)37(46)19-30-10-12-33(28(4)18-30)24-43-17-16-42(6)29(5)23-43/h7-12,15,18,20-22,25-26,29,41H,16-17,19,23-24H2,1-6H3/t29-/m1/s1. The van der Waals surface area contributed by atoms with Crippen molar-refractivity contribution < 1.29 is 4.79 Å². The van der Waals surface area contributed by atoms with E-state index in [1.807, 2.05) is 64.9 Å². The molecular weight excluding hydrogens is 570 g/mol. The van der Waals surface area contributed by atoms with Gasteiger partial charge in [-0.25, -0.2) is 4.98 Å². The summed E-state index contributed by atoms with van der Waals surface area (Å²) in [6.45, 7) is 14.9. The third-order valence-corrected chi connectivity index (χ3v) is 9.04. The maximum absolute atomic E-state index is 13.4. The van der Waals surface area contributed by atoms with Crippen LogP contribution in [0, 0.1) is 25.7 Å². The van der Waals surface area contributed by atoms with Gasteiger partial charge < -0.3 is 10.2 Å². The first-order valence-corrected chi connectivity index (χ1v) is 16.1. The lowest BCUT2D eigenvalue weighted by Gasteiger charge is -2.37. The van der Waals surface area contributed by atoms with E-state index in [2.05, 4.69) is 90.0 Å². The quantitative estimate of drug-likeness (QED) is 0.161. The molecule has 1 aliphatic rings. The molecule has 0 aliphatic carbocycles. The number of hydrogen-bond acceptors (Lipinski definition) is 6. The van der Waals surface area contributed by atoms with Gasteiger partial charge in [0.25, 0.3) is 0 Å². The first-order valence-electron chi connectivity index (χ1n) is 16.1. The summed E-state index contributed by atoms with van der Waals surface area (Å²) in [5.41, 5.74) is 9.49. The van der Waals surface area contributed by atoms with E-state index in [1.165, 1.54) is 11.1 Å². The predicted octanol–water partition coefficient (Wildman–Crippen LogP) is 6.43. The van der Waals surface area contributed by atoms with Gasteiger partial charge >= 0.3 is 0 Å². The number of rotatable bonds is 8. The van der Waals surface area contributed by atoms with Gasteiger partial charge in [0, 0.05) is 68.2 Å². The number of anilines is 2. The third kappa shape index (κ3) is 6.91. The van der Waals surface area contributed by atoms with E-state index in [1.54, 1.807) is 6.20 Å². The Morgan fingerprint density at radius 1 is 1.04 bits per heavy atom. The average Bonchev–Trinajstić information content (AvgIpc) is 3.68. The molecule has 1 saturated heterocycles. The summed E-state index contributed by atoms with van der Waals surface area (Å²) < 4.78 is 3.89. The molecule has 8 heteroatoms. The van der Waals surface area contributed by atoms with Crippen LogP contribution in [0.15, 0.2) is 73.3 Å². The van der Waals surface area contributed by atoms with Gasteiger partial charge in [0.05, 0.1) is 23.8 Å². The minimum absolute atomic E-state index is 0.0920. The van der Waals surface area contributed by atoms with E-state index in [0.29, 0.717) is 18.0 Å². The Balaban J connectivity index is 1.15. The van der Waals surface area contributed by atoms with Crippen LogP contribution < -0.4 is 5.32 Å². The van der Waals surface area contributed by atoms with Crippen molar-refractivity contribution in [1.82, 2.24) is 29.0 Å². The summed E-state index contributed by atoms with van der Waals surface area (Å²) in [4.78, 5) is 23.0. The second-order valence-corrected chi connectivity index (χ2v) is 12.9. The molecule has 1 atom stereocenters. The Labute approximate surface area is 272 Å². The number of carbonyl (C=O) groups excluding carboxylic acids is 1. The molecule has 0 saturated carbocycles. The van der Waals surface area contributed by atoms with Crippen LogP contribution in [0.2, 0.25) is 0 Å². The molecule has 0 unspecified atom stereocenters. The summed E-state index contributed by atoms with van der Waals surface area (Å²) in [6, 6.07) is 17.1. The smallest absolute Gasteiger partial charge is 0.167 e. The number of nitrogens with zero attached hydrogens (tertiary/aromatic N) is 6. The molecular formula is C38H43N7O. The highest BCUT2D eigenvalue weighted by Gasteiger charge is 2.21. The Hall–Kier alpha value is -4.71. The van der Waals surface area contributed by atoms with Gasteiger partial charge in [-0.05, 0) is 88.0 Å². The van der Waals surface area contributed by atoms with Gasteiger partial charge in [0.2, 0.25) is 0 Å². The molecule has 0 bridgehead atoms. The first-order chi connectivity index (χ1) is 22.1. The van der Waals surface area contributed by atoms with Crippen LogP contribution in [-0.4, -0.2) is 67.5 Å². The molecule has 0 radical (unpaired) electrons. The minimum Gasteiger partial charge on any atom is -0.350 e. The minimum atomic E-state index is 0.0920. The average molecular weight is 614 g/mol. The van der Waals surface area contributed by atoms with Crippen molar-refractivity contribution in [2.45, 2.75) is 59.7 Å². The zero-order chi connectivity index (χ0) is 32.4. The van der Waals surface area contributed by atoms with Gasteiger partial charge in [-0.15, -0.1) is 0 Å². The summed E-state index contributed by atoms with van der Waals surface area (Å²) in [7, 11) is 2.20. The zero-order valence-electron chi connectivity index (χ0n) is 27.7. The van der Waals surface area contributed by atoms with Crippen LogP contribution in [-0.2, 0) is 13.0 Å². The lowest BCUT2D eigenvalue weighted by atomic mass is 9.96. The number of aryl methyl sites for hydroxylation is 2. The molecule has 1 fully saturated rings. The van der Waals surface area contributed by atoms with Crippen LogP contribution in [0.1, 0.15) is 70.7 Å². The number of Topliss-reactive ketones (excluding diaryl/α,β-unsaturated/α-hetero) is 1. The van der Waals surface area contributed by atoms with Crippen LogP contribution in [0.4, 0.5) is 11.4 Å². The second-order valence-electron chi connectivity index (χ2n) is 12.9. The fourth-order valence-corrected chi connectivity index (χ4v) is 5.94. The van der Waals surface area contributed by atoms with Crippen LogP contribution in [0.3, 0.4) is 0 Å². The molecule has 236 valence electrons. The molecule has 5 aromatic rings. The Kier molecular flexibility index (Phi) is 9.07. The maximum Gasteiger partial charge on any atom is 0.167 e. The number of ketones is 1. The number of piperazine rings is 1. The Morgan fingerprint density at radius 2 is 1.89 bits per heavy atom. The van der Waals surface area contributed by atoms with Crippen molar-refractivity contribution in [3.05, 3.63) is 112 Å². The number of benzene rings is 2. The number of pyridine rings is 1. The van der Waals surface area contributed by atoms with Gasteiger partial charge in [-0.3, -0.25) is 18.8 Å². The SMILES string of the molecule is Cc1ccc(C(=O)Cc2ccc(CN3CCN(C)[C@H](C)C3)c(C)c2)cc1C#Cc1cnc2c(Nc3cnn(C(C)C)c3)cccn12.